The van der Waals surface area contributed by atoms with E-state index in [2.05, 4.69) is 15.4 Å². The normalized spacial score (nSPS) is 14.6. The Morgan fingerprint density at radius 3 is 2.51 bits per heavy atom. The fourth-order valence-corrected chi connectivity index (χ4v) is 4.53. The molecule has 1 aliphatic carbocycles. The molecule has 1 aliphatic rings. The number of phenols is 1. The number of phenolic OH excluding ortho intramolecular Hbond substituents is 1. The molecule has 1 atom stereocenters. The van der Waals surface area contributed by atoms with Crippen LogP contribution < -0.4 is 15.4 Å². The largest absolute Gasteiger partial charge is 0.507 e. The Morgan fingerprint density at radius 1 is 1.14 bits per heavy atom. The third kappa shape index (κ3) is 6.88. The first-order chi connectivity index (χ1) is 16.7. The topological polar surface area (TPSA) is 114 Å². The van der Waals surface area contributed by atoms with Gasteiger partial charge in [-0.05, 0) is 75.4 Å². The minimum absolute atomic E-state index is 0.000765. The first-order valence-corrected chi connectivity index (χ1v) is 12.2. The van der Waals surface area contributed by atoms with Crippen LogP contribution >= 0.6 is 11.6 Å². The van der Waals surface area contributed by atoms with Crippen LogP contribution in [0.2, 0.25) is 5.02 Å². The molecule has 2 aromatic carbocycles. The van der Waals surface area contributed by atoms with Crippen LogP contribution in [0.4, 0.5) is 5.69 Å². The van der Waals surface area contributed by atoms with Crippen LogP contribution in [0, 0.1) is 12.8 Å². The maximum absolute atomic E-state index is 12.9. The van der Waals surface area contributed by atoms with Crippen LogP contribution in [0.1, 0.15) is 61.9 Å². The maximum Gasteiger partial charge on any atom is 0.397 e. The SMILES string of the molecule is CCOC(=O)C(=O)Nc1cc(C)c(Oc2ccc(O)c(C(=O)NC(C)C3CCCCC3)c2)c(Cl)c1. The monoisotopic (exact) mass is 502 g/mol. The summed E-state index contributed by atoms with van der Waals surface area (Å²) >= 11 is 6.38. The first-order valence-electron chi connectivity index (χ1n) is 11.8. The van der Waals surface area contributed by atoms with Gasteiger partial charge in [0.2, 0.25) is 0 Å². The summed E-state index contributed by atoms with van der Waals surface area (Å²) in [5.41, 5.74) is 0.999. The fourth-order valence-electron chi connectivity index (χ4n) is 4.23. The van der Waals surface area contributed by atoms with E-state index in [9.17, 15) is 19.5 Å². The highest BCUT2D eigenvalue weighted by molar-refractivity contribution is 6.37. The molecule has 8 nitrogen and oxygen atoms in total. The summed E-state index contributed by atoms with van der Waals surface area (Å²) in [7, 11) is 0. The van der Waals surface area contributed by atoms with E-state index in [1.165, 1.54) is 43.5 Å². The van der Waals surface area contributed by atoms with Crippen molar-refractivity contribution < 1.29 is 29.0 Å². The number of nitrogens with one attached hydrogen (secondary N) is 2. The van der Waals surface area contributed by atoms with Crippen molar-refractivity contribution in [1.29, 1.82) is 0 Å². The average Bonchev–Trinajstić information content (AvgIpc) is 2.83. The zero-order chi connectivity index (χ0) is 25.5. The predicted molar refractivity (Wildman–Crippen MR) is 133 cm³/mol. The summed E-state index contributed by atoms with van der Waals surface area (Å²) in [5.74, 6) is -1.36. The Labute approximate surface area is 210 Å². The maximum atomic E-state index is 12.9. The molecule has 0 radical (unpaired) electrons. The van der Waals surface area contributed by atoms with Crippen molar-refractivity contribution in [2.75, 3.05) is 11.9 Å². The number of hydrogen-bond acceptors (Lipinski definition) is 6. The molecule has 2 aromatic rings. The Hall–Kier alpha value is -3.26. The van der Waals surface area contributed by atoms with Crippen molar-refractivity contribution in [3.63, 3.8) is 0 Å². The molecule has 9 heteroatoms. The molecule has 1 saturated carbocycles. The van der Waals surface area contributed by atoms with E-state index in [1.807, 2.05) is 6.92 Å². The first kappa shape index (κ1) is 26.3. The second-order valence-corrected chi connectivity index (χ2v) is 9.13. The van der Waals surface area contributed by atoms with Crippen molar-refractivity contribution in [2.24, 2.45) is 5.92 Å². The van der Waals surface area contributed by atoms with Gasteiger partial charge in [0.25, 0.3) is 5.91 Å². The lowest BCUT2D eigenvalue weighted by Crippen LogP contribution is -2.38. The van der Waals surface area contributed by atoms with E-state index < -0.39 is 11.9 Å². The number of hydrogen-bond donors (Lipinski definition) is 3. The van der Waals surface area contributed by atoms with Gasteiger partial charge in [0.1, 0.15) is 17.2 Å². The predicted octanol–water partition coefficient (Wildman–Crippen LogP) is 5.35. The van der Waals surface area contributed by atoms with Crippen LogP contribution in [-0.2, 0) is 14.3 Å². The van der Waals surface area contributed by atoms with Gasteiger partial charge in [0, 0.05) is 11.7 Å². The molecule has 2 amide bonds. The third-order valence-corrected chi connectivity index (χ3v) is 6.38. The quantitative estimate of drug-likeness (QED) is 0.347. The molecule has 0 aliphatic heterocycles. The lowest BCUT2D eigenvalue weighted by molar-refractivity contribution is -0.152. The standard InChI is InChI=1S/C26H31ClN2O6/c1-4-34-26(33)25(32)29-18-12-15(2)23(21(27)13-18)35-19-10-11-22(30)20(14-19)24(31)28-16(3)17-8-6-5-7-9-17/h10-14,16-17,30H,4-9H2,1-3H3,(H,28,31)(H,29,32). The zero-order valence-corrected chi connectivity index (χ0v) is 20.9. The van der Waals surface area contributed by atoms with E-state index >= 15 is 0 Å². The molecule has 3 rings (SSSR count). The number of benzene rings is 2. The van der Waals surface area contributed by atoms with Gasteiger partial charge in [-0.15, -0.1) is 0 Å². The number of ether oxygens (including phenoxy) is 2. The minimum atomic E-state index is -0.991. The van der Waals surface area contributed by atoms with Gasteiger partial charge in [-0.2, -0.15) is 0 Å². The van der Waals surface area contributed by atoms with E-state index in [1.54, 1.807) is 19.9 Å². The average molecular weight is 503 g/mol. The molecule has 188 valence electrons. The van der Waals surface area contributed by atoms with Gasteiger partial charge in [0.15, 0.2) is 0 Å². The summed E-state index contributed by atoms with van der Waals surface area (Å²) in [4.78, 5) is 36.3. The number of carbonyl (C=O) groups is 3. The van der Waals surface area contributed by atoms with E-state index in [4.69, 9.17) is 16.3 Å². The molecule has 0 spiro atoms. The second-order valence-electron chi connectivity index (χ2n) is 8.72. The molecule has 0 saturated heterocycles. The Kier molecular flexibility index (Phi) is 8.98. The highest BCUT2D eigenvalue weighted by Crippen LogP contribution is 2.36. The lowest BCUT2D eigenvalue weighted by Gasteiger charge is -2.28. The van der Waals surface area contributed by atoms with Crippen LogP contribution in [0.15, 0.2) is 30.3 Å². The second kappa shape index (κ2) is 11.9. The summed E-state index contributed by atoms with van der Waals surface area (Å²) in [5, 5.41) is 15.9. The number of carbonyl (C=O) groups excluding carboxylic acids is 3. The number of aryl methyl sites for hydroxylation is 1. The van der Waals surface area contributed by atoms with Crippen LogP contribution in [0.25, 0.3) is 0 Å². The molecule has 0 bridgehead atoms. The Morgan fingerprint density at radius 2 is 1.86 bits per heavy atom. The van der Waals surface area contributed by atoms with Gasteiger partial charge < -0.3 is 25.2 Å². The number of aromatic hydroxyl groups is 1. The molecule has 1 unspecified atom stereocenters. The smallest absolute Gasteiger partial charge is 0.397 e. The number of esters is 1. The summed E-state index contributed by atoms with van der Waals surface area (Å²) in [6, 6.07) is 7.43. The molecule has 0 heterocycles. The molecule has 1 fully saturated rings. The number of anilines is 1. The lowest BCUT2D eigenvalue weighted by atomic mass is 9.84. The van der Waals surface area contributed by atoms with Crippen LogP contribution in [-0.4, -0.2) is 35.5 Å². The fraction of sp³-hybridized carbons (Fsp3) is 0.423. The zero-order valence-electron chi connectivity index (χ0n) is 20.2. The Bertz CT molecular complexity index is 1070. The number of halogens is 1. The van der Waals surface area contributed by atoms with Crippen LogP contribution in [0.5, 0.6) is 17.2 Å². The summed E-state index contributed by atoms with van der Waals surface area (Å²) in [6.07, 6.45) is 5.75. The highest BCUT2D eigenvalue weighted by atomic mass is 35.5. The summed E-state index contributed by atoms with van der Waals surface area (Å²) < 4.78 is 10.6. The van der Waals surface area contributed by atoms with Crippen molar-refractivity contribution in [2.45, 2.75) is 58.9 Å². The van der Waals surface area contributed by atoms with Crippen LogP contribution in [0.3, 0.4) is 0 Å². The van der Waals surface area contributed by atoms with E-state index in [0.717, 1.165) is 12.8 Å². The van der Waals surface area contributed by atoms with Crippen molar-refractivity contribution in [3.05, 3.63) is 46.5 Å². The molecule has 3 N–H and O–H groups in total. The number of amides is 2. The van der Waals surface area contributed by atoms with Crippen molar-refractivity contribution >= 4 is 35.1 Å². The number of rotatable bonds is 7. The molecular weight excluding hydrogens is 472 g/mol. The van der Waals surface area contributed by atoms with Gasteiger partial charge in [-0.25, -0.2) is 4.79 Å². The van der Waals surface area contributed by atoms with Crippen molar-refractivity contribution in [3.8, 4) is 17.2 Å². The van der Waals surface area contributed by atoms with Gasteiger partial charge in [-0.3, -0.25) is 9.59 Å². The Balaban J connectivity index is 1.73. The van der Waals surface area contributed by atoms with Gasteiger partial charge in [-0.1, -0.05) is 30.9 Å². The summed E-state index contributed by atoms with van der Waals surface area (Å²) in [6.45, 7) is 5.41. The van der Waals surface area contributed by atoms with Gasteiger partial charge in [0.05, 0.1) is 17.2 Å². The molecular formula is C26H31ClN2O6. The molecule has 0 aromatic heterocycles. The van der Waals surface area contributed by atoms with E-state index in [-0.39, 0.29) is 34.9 Å². The minimum Gasteiger partial charge on any atom is -0.507 e. The highest BCUT2D eigenvalue weighted by Gasteiger charge is 2.23. The molecule has 35 heavy (non-hydrogen) atoms. The van der Waals surface area contributed by atoms with Gasteiger partial charge >= 0.3 is 11.9 Å². The van der Waals surface area contributed by atoms with E-state index in [0.29, 0.717) is 28.7 Å². The third-order valence-electron chi connectivity index (χ3n) is 6.10. The van der Waals surface area contributed by atoms with Crippen molar-refractivity contribution in [1.82, 2.24) is 5.32 Å².